The Morgan fingerprint density at radius 1 is 1.41 bits per heavy atom. The number of carbonyl (C=O) groups is 1. The van der Waals surface area contributed by atoms with Gasteiger partial charge in [-0.1, -0.05) is 17.4 Å². The van der Waals surface area contributed by atoms with E-state index in [1.54, 1.807) is 36.4 Å². The maximum atomic E-state index is 14.1. The van der Waals surface area contributed by atoms with Crippen molar-refractivity contribution < 1.29 is 13.6 Å². The second-order valence-corrected chi connectivity index (χ2v) is 7.53. The van der Waals surface area contributed by atoms with E-state index >= 15 is 0 Å². The van der Waals surface area contributed by atoms with E-state index in [0.29, 0.717) is 40.4 Å². The summed E-state index contributed by atoms with van der Waals surface area (Å²) in [5, 5.41) is 9.34. The molecule has 1 aliphatic rings. The highest BCUT2D eigenvalue weighted by Gasteiger charge is 2.38. The monoisotopic (exact) mass is 383 g/mol. The average molecular weight is 383 g/mol. The fraction of sp³-hybridized carbons (Fsp3) is 0.222. The zero-order valence-corrected chi connectivity index (χ0v) is 15.1. The highest BCUT2D eigenvalue weighted by Crippen LogP contribution is 2.37. The van der Waals surface area contributed by atoms with Crippen molar-refractivity contribution in [1.82, 2.24) is 25.1 Å². The predicted octanol–water partition coefficient (Wildman–Crippen LogP) is 3.24. The molecular weight excluding hydrogens is 369 g/mol. The molecule has 4 aromatic rings. The Hall–Kier alpha value is -3.07. The number of nitrogens with zero attached hydrogens (tertiary/aromatic N) is 4. The molecule has 0 saturated heterocycles. The summed E-state index contributed by atoms with van der Waals surface area (Å²) in [6.07, 6.45) is 2.24. The van der Waals surface area contributed by atoms with Crippen LogP contribution in [0.2, 0.25) is 0 Å². The molecule has 1 amide bonds. The van der Waals surface area contributed by atoms with Crippen LogP contribution in [0, 0.1) is 12.7 Å². The number of carbonyl (C=O) groups excluding carboxylic acids is 1. The van der Waals surface area contributed by atoms with Crippen LogP contribution in [0.1, 0.15) is 38.0 Å². The van der Waals surface area contributed by atoms with Gasteiger partial charge >= 0.3 is 0 Å². The third kappa shape index (κ3) is 2.54. The van der Waals surface area contributed by atoms with Crippen LogP contribution in [0.5, 0.6) is 0 Å². The van der Waals surface area contributed by atoms with Gasteiger partial charge in [-0.15, -0.1) is 10.2 Å². The molecule has 1 aliphatic heterocycles. The molecule has 5 rings (SSSR count). The number of rotatable bonds is 2. The zero-order valence-electron chi connectivity index (χ0n) is 14.3. The Balaban J connectivity index is 1.64. The molecule has 9 heteroatoms. The molecule has 0 spiro atoms. The third-order valence-electron chi connectivity index (χ3n) is 4.69. The van der Waals surface area contributed by atoms with Crippen LogP contribution in [0.4, 0.5) is 4.39 Å². The first kappa shape index (κ1) is 16.1. The molecule has 3 aromatic heterocycles. The molecule has 136 valence electrons. The molecule has 0 unspecified atom stereocenters. The number of aromatic nitrogens is 4. The van der Waals surface area contributed by atoms with Gasteiger partial charge in [0.1, 0.15) is 28.2 Å². The molecule has 1 atom stereocenters. The molecule has 0 saturated carbocycles. The number of aryl methyl sites for hydroxylation is 1. The van der Waals surface area contributed by atoms with Crippen LogP contribution in [-0.4, -0.2) is 37.5 Å². The van der Waals surface area contributed by atoms with E-state index in [1.165, 1.54) is 17.4 Å². The van der Waals surface area contributed by atoms with Crippen molar-refractivity contribution in [3.8, 4) is 0 Å². The van der Waals surface area contributed by atoms with Crippen LogP contribution >= 0.6 is 11.3 Å². The second-order valence-electron chi connectivity index (χ2n) is 6.34. The first-order valence-electron chi connectivity index (χ1n) is 8.43. The minimum atomic E-state index is -0.552. The van der Waals surface area contributed by atoms with E-state index in [1.807, 2.05) is 0 Å². The highest BCUT2D eigenvalue weighted by atomic mass is 32.1. The maximum absolute atomic E-state index is 14.1. The van der Waals surface area contributed by atoms with Gasteiger partial charge in [-0.2, -0.15) is 0 Å². The molecule has 27 heavy (non-hydrogen) atoms. The van der Waals surface area contributed by atoms with Crippen molar-refractivity contribution in [3.05, 3.63) is 63.6 Å². The fourth-order valence-corrected chi connectivity index (χ4v) is 4.12. The molecule has 1 N–H and O–H groups in total. The lowest BCUT2D eigenvalue weighted by molar-refractivity contribution is 0.0671. The van der Waals surface area contributed by atoms with E-state index in [0.717, 1.165) is 10.7 Å². The van der Waals surface area contributed by atoms with Crippen LogP contribution in [0.3, 0.4) is 0 Å². The standard InChI is InChI=1S/C18H14FN5O2S/c1-9-22-23-17(27-9)18(25)24-6-5-12-15(21-8-20-12)16(24)14-7-10-11(19)3-2-4-13(10)26-14/h2-4,7-8,16H,5-6H2,1H3,(H,20,21)/t16-/m1/s1. The summed E-state index contributed by atoms with van der Waals surface area (Å²) in [6.45, 7) is 2.27. The van der Waals surface area contributed by atoms with Gasteiger partial charge in [-0.25, -0.2) is 9.37 Å². The first-order chi connectivity index (χ1) is 13.1. The lowest BCUT2D eigenvalue weighted by Crippen LogP contribution is -2.40. The van der Waals surface area contributed by atoms with Gasteiger partial charge < -0.3 is 14.3 Å². The summed E-state index contributed by atoms with van der Waals surface area (Å²) >= 11 is 1.25. The number of furan rings is 1. The number of amides is 1. The molecule has 4 heterocycles. The summed E-state index contributed by atoms with van der Waals surface area (Å²) in [5.41, 5.74) is 2.08. The molecule has 0 bridgehead atoms. The summed E-state index contributed by atoms with van der Waals surface area (Å²) in [4.78, 5) is 22.3. The molecule has 1 aromatic carbocycles. The normalized spacial score (nSPS) is 16.7. The Morgan fingerprint density at radius 2 is 2.30 bits per heavy atom. The Bertz CT molecular complexity index is 1160. The molecule has 0 fully saturated rings. The number of imidazole rings is 1. The van der Waals surface area contributed by atoms with Gasteiger partial charge in [0.25, 0.3) is 5.91 Å². The summed E-state index contributed by atoms with van der Waals surface area (Å²) in [7, 11) is 0. The number of hydrogen-bond acceptors (Lipinski definition) is 6. The van der Waals surface area contributed by atoms with Gasteiger partial charge in [-0.3, -0.25) is 4.79 Å². The molecule has 0 radical (unpaired) electrons. The van der Waals surface area contributed by atoms with Gasteiger partial charge in [0.05, 0.1) is 17.4 Å². The molecule has 0 aliphatic carbocycles. The highest BCUT2D eigenvalue weighted by molar-refractivity contribution is 7.13. The van der Waals surface area contributed by atoms with Crippen LogP contribution in [-0.2, 0) is 6.42 Å². The van der Waals surface area contributed by atoms with Crippen molar-refractivity contribution in [2.75, 3.05) is 6.54 Å². The summed E-state index contributed by atoms with van der Waals surface area (Å²) in [5.74, 6) is -0.129. The summed E-state index contributed by atoms with van der Waals surface area (Å²) < 4.78 is 20.1. The van der Waals surface area contributed by atoms with Crippen molar-refractivity contribution in [1.29, 1.82) is 0 Å². The van der Waals surface area contributed by atoms with E-state index in [2.05, 4.69) is 20.2 Å². The summed E-state index contributed by atoms with van der Waals surface area (Å²) in [6, 6.07) is 5.78. The minimum absolute atomic E-state index is 0.236. The third-order valence-corrected chi connectivity index (χ3v) is 5.52. The number of hydrogen-bond donors (Lipinski definition) is 1. The van der Waals surface area contributed by atoms with Crippen molar-refractivity contribution in [2.45, 2.75) is 19.4 Å². The lowest BCUT2D eigenvalue weighted by Gasteiger charge is -2.33. The van der Waals surface area contributed by atoms with Crippen molar-refractivity contribution in [2.24, 2.45) is 0 Å². The number of benzene rings is 1. The first-order valence-corrected chi connectivity index (χ1v) is 9.24. The number of halogens is 1. The van der Waals surface area contributed by atoms with Crippen molar-refractivity contribution in [3.63, 3.8) is 0 Å². The van der Waals surface area contributed by atoms with Crippen LogP contribution < -0.4 is 0 Å². The number of nitrogens with one attached hydrogen (secondary N) is 1. The minimum Gasteiger partial charge on any atom is -0.458 e. The quantitative estimate of drug-likeness (QED) is 0.574. The van der Waals surface area contributed by atoms with Gasteiger partial charge in [0.15, 0.2) is 0 Å². The maximum Gasteiger partial charge on any atom is 0.285 e. The van der Waals surface area contributed by atoms with E-state index in [-0.39, 0.29) is 11.7 Å². The smallest absolute Gasteiger partial charge is 0.285 e. The van der Waals surface area contributed by atoms with E-state index in [9.17, 15) is 9.18 Å². The SMILES string of the molecule is Cc1nnc(C(=O)N2CCc3[nH]cnc3[C@H]2c2cc3c(F)cccc3o2)s1. The van der Waals surface area contributed by atoms with Gasteiger partial charge in [0, 0.05) is 18.7 Å². The van der Waals surface area contributed by atoms with E-state index in [4.69, 9.17) is 4.42 Å². The zero-order chi connectivity index (χ0) is 18.5. The Morgan fingerprint density at radius 3 is 3.07 bits per heavy atom. The van der Waals surface area contributed by atoms with Crippen LogP contribution in [0.15, 0.2) is 35.0 Å². The lowest BCUT2D eigenvalue weighted by atomic mass is 10.00. The second kappa shape index (κ2) is 5.98. The molecule has 7 nitrogen and oxygen atoms in total. The van der Waals surface area contributed by atoms with Gasteiger partial charge in [0.2, 0.25) is 5.01 Å². The van der Waals surface area contributed by atoms with Gasteiger partial charge in [-0.05, 0) is 25.1 Å². The van der Waals surface area contributed by atoms with Crippen molar-refractivity contribution >= 4 is 28.2 Å². The molecular formula is C18H14FN5O2S. The number of fused-ring (bicyclic) bond motifs is 2. The Labute approximate surface area is 156 Å². The van der Waals surface area contributed by atoms with E-state index < -0.39 is 6.04 Å². The largest absolute Gasteiger partial charge is 0.458 e. The topological polar surface area (TPSA) is 87.9 Å². The average Bonchev–Trinajstić information content (AvgIpc) is 3.39. The van der Waals surface area contributed by atoms with Crippen LogP contribution in [0.25, 0.3) is 11.0 Å². The fourth-order valence-electron chi connectivity index (χ4n) is 3.47. The number of aromatic amines is 1. The number of H-pyrrole nitrogens is 1. The predicted molar refractivity (Wildman–Crippen MR) is 96.0 cm³/mol. The Kier molecular flexibility index (Phi) is 3.57.